The first-order valence-corrected chi connectivity index (χ1v) is 5.82. The molecule has 0 spiro atoms. The first-order valence-electron chi connectivity index (χ1n) is 4.59. The zero-order valence-electron chi connectivity index (χ0n) is 9.16. The van der Waals surface area contributed by atoms with Crippen molar-refractivity contribution >= 4 is 17.6 Å². The summed E-state index contributed by atoms with van der Waals surface area (Å²) < 4.78 is 0. The Balaban J connectivity index is 0.000000791. The molecule has 4 nitrogen and oxygen atoms in total. The van der Waals surface area contributed by atoms with Gasteiger partial charge in [0.15, 0.2) is 5.16 Å². The van der Waals surface area contributed by atoms with Crippen LogP contribution in [0.3, 0.4) is 0 Å². The molecule has 0 aliphatic heterocycles. The zero-order chi connectivity index (χ0) is 11.0. The molecule has 0 radical (unpaired) electrons. The van der Waals surface area contributed by atoms with Gasteiger partial charge in [0.05, 0.1) is 0 Å². The van der Waals surface area contributed by atoms with Gasteiger partial charge in [0, 0.05) is 25.4 Å². The van der Waals surface area contributed by atoms with E-state index >= 15 is 0 Å². The summed E-state index contributed by atoms with van der Waals surface area (Å²) >= 11 is 1.51. The molecule has 0 aliphatic carbocycles. The number of nitrogens with zero attached hydrogens (tertiary/aromatic N) is 2. The largest absolute Gasteiger partial charge is 0.373 e. The number of hydrogen-bond donors (Lipinski definition) is 2. The third-order valence-corrected chi connectivity index (χ3v) is 2.04. The van der Waals surface area contributed by atoms with E-state index in [1.807, 2.05) is 27.2 Å². The van der Waals surface area contributed by atoms with Crippen LogP contribution in [0.1, 0.15) is 19.4 Å². The van der Waals surface area contributed by atoms with Gasteiger partial charge in [-0.3, -0.25) is 0 Å². The molecule has 0 bridgehead atoms. The van der Waals surface area contributed by atoms with Gasteiger partial charge in [-0.1, -0.05) is 25.6 Å². The van der Waals surface area contributed by atoms with Crippen LogP contribution >= 0.6 is 11.8 Å². The van der Waals surface area contributed by atoms with E-state index in [1.165, 1.54) is 11.8 Å². The van der Waals surface area contributed by atoms with Gasteiger partial charge in [0.25, 0.3) is 0 Å². The lowest BCUT2D eigenvalue weighted by atomic mass is 10.3. The molecule has 14 heavy (non-hydrogen) atoms. The van der Waals surface area contributed by atoms with E-state index in [1.54, 1.807) is 6.20 Å². The Morgan fingerprint density at radius 2 is 2.14 bits per heavy atom. The fourth-order valence-electron chi connectivity index (χ4n) is 0.855. The summed E-state index contributed by atoms with van der Waals surface area (Å²) in [7, 11) is 1.82. The molecule has 0 aromatic carbocycles. The summed E-state index contributed by atoms with van der Waals surface area (Å²) in [5.41, 5.74) is 6.43. The van der Waals surface area contributed by atoms with Crippen LogP contribution in [-0.2, 0) is 6.54 Å². The molecular formula is C9H18N4S. The second-order valence-electron chi connectivity index (χ2n) is 2.18. The highest BCUT2D eigenvalue weighted by atomic mass is 32.2. The van der Waals surface area contributed by atoms with Crippen LogP contribution < -0.4 is 11.1 Å². The van der Waals surface area contributed by atoms with Gasteiger partial charge in [0.2, 0.25) is 0 Å². The molecule has 1 heterocycles. The molecule has 5 heteroatoms. The van der Waals surface area contributed by atoms with Crippen LogP contribution in [0.2, 0.25) is 0 Å². The minimum absolute atomic E-state index is 0.463. The predicted octanol–water partition coefficient (Wildman–Crippen LogP) is 1.73. The van der Waals surface area contributed by atoms with Gasteiger partial charge in [-0.05, 0) is 6.26 Å². The van der Waals surface area contributed by atoms with Crippen molar-refractivity contribution in [2.45, 2.75) is 25.5 Å². The summed E-state index contributed by atoms with van der Waals surface area (Å²) in [6.45, 7) is 4.46. The number of rotatable bonds is 3. The average Bonchev–Trinajstić information content (AvgIpc) is 2.30. The molecular weight excluding hydrogens is 196 g/mol. The van der Waals surface area contributed by atoms with Crippen molar-refractivity contribution < 1.29 is 0 Å². The lowest BCUT2D eigenvalue weighted by Crippen LogP contribution is -2.05. The van der Waals surface area contributed by atoms with E-state index in [-0.39, 0.29) is 0 Å². The van der Waals surface area contributed by atoms with E-state index in [0.717, 1.165) is 16.5 Å². The van der Waals surface area contributed by atoms with Crippen LogP contribution in [-0.4, -0.2) is 23.3 Å². The highest BCUT2D eigenvalue weighted by Crippen LogP contribution is 2.14. The second-order valence-corrected chi connectivity index (χ2v) is 2.96. The van der Waals surface area contributed by atoms with Crippen LogP contribution in [0.25, 0.3) is 0 Å². The maximum atomic E-state index is 5.49. The van der Waals surface area contributed by atoms with Crippen molar-refractivity contribution in [2.24, 2.45) is 5.73 Å². The van der Waals surface area contributed by atoms with Gasteiger partial charge >= 0.3 is 0 Å². The van der Waals surface area contributed by atoms with Crippen molar-refractivity contribution in [1.82, 2.24) is 9.97 Å². The fourth-order valence-corrected chi connectivity index (χ4v) is 1.20. The number of anilines is 1. The Kier molecular flexibility index (Phi) is 7.14. The maximum absolute atomic E-state index is 5.49. The topological polar surface area (TPSA) is 63.8 Å². The number of thioether (sulfide) groups is 1. The van der Waals surface area contributed by atoms with Crippen LogP contribution in [0.15, 0.2) is 11.4 Å². The Morgan fingerprint density at radius 1 is 1.50 bits per heavy atom. The van der Waals surface area contributed by atoms with E-state index in [4.69, 9.17) is 5.73 Å². The molecule has 0 unspecified atom stereocenters. The van der Waals surface area contributed by atoms with Gasteiger partial charge in [0.1, 0.15) is 5.82 Å². The zero-order valence-corrected chi connectivity index (χ0v) is 9.98. The van der Waals surface area contributed by atoms with Gasteiger partial charge in [-0.2, -0.15) is 0 Å². The first kappa shape index (κ1) is 13.2. The summed E-state index contributed by atoms with van der Waals surface area (Å²) in [5, 5.41) is 3.74. The normalized spacial score (nSPS) is 8.93. The molecule has 80 valence electrons. The smallest absolute Gasteiger partial charge is 0.189 e. The number of nitrogens with two attached hydrogens (primary N) is 1. The third-order valence-electron chi connectivity index (χ3n) is 1.48. The van der Waals surface area contributed by atoms with Crippen LogP contribution in [0.4, 0.5) is 5.82 Å². The lowest BCUT2D eigenvalue weighted by molar-refractivity contribution is 0.920. The first-order chi connectivity index (χ1) is 6.81. The third kappa shape index (κ3) is 3.51. The van der Waals surface area contributed by atoms with Crippen molar-refractivity contribution in [3.8, 4) is 0 Å². The minimum atomic E-state index is 0.463. The van der Waals surface area contributed by atoms with Crippen molar-refractivity contribution in [1.29, 1.82) is 0 Å². The molecule has 0 atom stereocenters. The molecule has 1 aromatic heterocycles. The van der Waals surface area contributed by atoms with Crippen molar-refractivity contribution in [2.75, 3.05) is 18.6 Å². The van der Waals surface area contributed by atoms with Crippen LogP contribution in [0, 0.1) is 0 Å². The summed E-state index contributed by atoms with van der Waals surface area (Å²) in [5.74, 6) is 0.817. The Hall–Kier alpha value is -0.810. The molecule has 0 aliphatic rings. The SMILES string of the molecule is CC.CNc1nc(SC)ncc1CN. The van der Waals surface area contributed by atoms with Gasteiger partial charge in [-0.25, -0.2) is 9.97 Å². The highest BCUT2D eigenvalue weighted by Gasteiger charge is 2.02. The van der Waals surface area contributed by atoms with E-state index in [0.29, 0.717) is 6.54 Å². The molecule has 1 rings (SSSR count). The highest BCUT2D eigenvalue weighted by molar-refractivity contribution is 7.98. The van der Waals surface area contributed by atoms with Crippen molar-refractivity contribution in [3.63, 3.8) is 0 Å². The lowest BCUT2D eigenvalue weighted by Gasteiger charge is -2.05. The minimum Gasteiger partial charge on any atom is -0.373 e. The van der Waals surface area contributed by atoms with Gasteiger partial charge < -0.3 is 11.1 Å². The Bertz CT molecular complexity index is 265. The van der Waals surface area contributed by atoms with Crippen LogP contribution in [0.5, 0.6) is 0 Å². The molecule has 0 amide bonds. The second kappa shape index (κ2) is 7.58. The molecule has 0 saturated carbocycles. The maximum Gasteiger partial charge on any atom is 0.189 e. The van der Waals surface area contributed by atoms with E-state index in [9.17, 15) is 0 Å². The average molecular weight is 214 g/mol. The number of hydrogen-bond acceptors (Lipinski definition) is 5. The van der Waals surface area contributed by atoms with E-state index in [2.05, 4.69) is 15.3 Å². The summed E-state index contributed by atoms with van der Waals surface area (Å²) in [4.78, 5) is 8.35. The molecule has 1 aromatic rings. The summed E-state index contributed by atoms with van der Waals surface area (Å²) in [6.07, 6.45) is 3.70. The quantitative estimate of drug-likeness (QED) is 0.592. The monoisotopic (exact) mass is 214 g/mol. The van der Waals surface area contributed by atoms with E-state index < -0.39 is 0 Å². The number of nitrogens with one attached hydrogen (secondary N) is 1. The molecule has 0 saturated heterocycles. The molecule has 3 N–H and O–H groups in total. The standard InChI is InChI=1S/C7H12N4S.C2H6/c1-9-6-5(3-8)4-10-7(11-6)12-2;1-2/h4H,3,8H2,1-2H3,(H,9,10,11);1-2H3. The predicted molar refractivity (Wildman–Crippen MR) is 62.6 cm³/mol. The van der Waals surface area contributed by atoms with Gasteiger partial charge in [-0.15, -0.1) is 0 Å². The van der Waals surface area contributed by atoms with Crippen molar-refractivity contribution in [3.05, 3.63) is 11.8 Å². The summed E-state index contributed by atoms with van der Waals surface area (Å²) in [6, 6.07) is 0. The Morgan fingerprint density at radius 3 is 2.57 bits per heavy atom. The fraction of sp³-hybridized carbons (Fsp3) is 0.556. The number of aromatic nitrogens is 2. The Labute approximate surface area is 89.7 Å². The molecule has 0 fully saturated rings.